The lowest BCUT2D eigenvalue weighted by Gasteiger charge is -2.34. The number of sulfonamides is 1. The number of carbonyl (C=O) groups is 1. The minimum atomic E-state index is -3.55. The van der Waals surface area contributed by atoms with Crippen LogP contribution < -0.4 is 4.74 Å². The molecule has 0 N–H and O–H groups in total. The number of piperazine rings is 1. The monoisotopic (exact) mass is 498 g/mol. The molecule has 3 rings (SSSR count). The van der Waals surface area contributed by atoms with Crippen LogP contribution >= 0.6 is 27.7 Å². The highest BCUT2D eigenvalue weighted by atomic mass is 79.9. The van der Waals surface area contributed by atoms with Crippen molar-refractivity contribution in [2.24, 2.45) is 0 Å². The van der Waals surface area contributed by atoms with E-state index in [1.807, 2.05) is 31.2 Å². The van der Waals surface area contributed by atoms with Gasteiger partial charge < -0.3 is 9.64 Å². The summed E-state index contributed by atoms with van der Waals surface area (Å²) in [7, 11) is -3.55. The number of hydrogen-bond acceptors (Lipinski definition) is 5. The van der Waals surface area contributed by atoms with Crippen molar-refractivity contribution in [2.75, 3.05) is 38.5 Å². The third-order valence-corrected chi connectivity index (χ3v) is 7.91. The summed E-state index contributed by atoms with van der Waals surface area (Å²) in [6, 6.07) is 14.3. The molecule has 2 aromatic rings. The Hall–Kier alpha value is -1.55. The Morgan fingerprint density at radius 2 is 1.79 bits per heavy atom. The number of rotatable bonds is 7. The standard InChI is InChI=1S/C20H23BrN2O4S2/c1-2-27-17-6-8-18(9-7-17)28-15-20(24)22-10-12-23(13-11-22)29(25,26)19-5-3-4-16(21)14-19/h3-9,14H,2,10-13,15H2,1H3. The maximum absolute atomic E-state index is 12.8. The molecule has 9 heteroatoms. The maximum Gasteiger partial charge on any atom is 0.243 e. The lowest BCUT2D eigenvalue weighted by Crippen LogP contribution is -2.50. The normalized spacial score (nSPS) is 15.3. The molecule has 0 radical (unpaired) electrons. The van der Waals surface area contributed by atoms with Gasteiger partial charge in [0.1, 0.15) is 5.75 Å². The summed E-state index contributed by atoms with van der Waals surface area (Å²) in [5.41, 5.74) is 0. The van der Waals surface area contributed by atoms with Crippen molar-refractivity contribution in [3.63, 3.8) is 0 Å². The fourth-order valence-corrected chi connectivity index (χ4v) is 5.81. The van der Waals surface area contributed by atoms with E-state index in [0.29, 0.717) is 38.5 Å². The predicted molar refractivity (Wildman–Crippen MR) is 118 cm³/mol. The molecule has 156 valence electrons. The van der Waals surface area contributed by atoms with Crippen LogP contribution in [0.4, 0.5) is 0 Å². The van der Waals surface area contributed by atoms with Crippen molar-refractivity contribution < 1.29 is 17.9 Å². The molecule has 1 aliphatic rings. The number of hydrogen-bond donors (Lipinski definition) is 0. The smallest absolute Gasteiger partial charge is 0.243 e. The summed E-state index contributed by atoms with van der Waals surface area (Å²) in [5.74, 6) is 1.15. The van der Waals surface area contributed by atoms with Crippen LogP contribution in [-0.2, 0) is 14.8 Å². The number of amides is 1. The molecule has 1 aliphatic heterocycles. The van der Waals surface area contributed by atoms with Crippen molar-refractivity contribution >= 4 is 43.6 Å². The van der Waals surface area contributed by atoms with Crippen LogP contribution in [0.5, 0.6) is 5.75 Å². The number of ether oxygens (including phenoxy) is 1. The van der Waals surface area contributed by atoms with E-state index in [2.05, 4.69) is 15.9 Å². The molecule has 29 heavy (non-hydrogen) atoms. The Morgan fingerprint density at radius 1 is 1.10 bits per heavy atom. The van der Waals surface area contributed by atoms with Gasteiger partial charge in [0.05, 0.1) is 17.3 Å². The third kappa shape index (κ3) is 5.75. The average molecular weight is 499 g/mol. The first-order valence-corrected chi connectivity index (χ1v) is 12.5. The zero-order chi connectivity index (χ0) is 20.9. The lowest BCUT2D eigenvalue weighted by molar-refractivity contribution is -0.129. The highest BCUT2D eigenvalue weighted by molar-refractivity contribution is 9.10. The summed E-state index contributed by atoms with van der Waals surface area (Å²) in [5, 5.41) is 0. The molecule has 0 aromatic heterocycles. The molecule has 1 heterocycles. The highest BCUT2D eigenvalue weighted by Gasteiger charge is 2.30. The van der Waals surface area contributed by atoms with E-state index in [1.54, 1.807) is 29.2 Å². The van der Waals surface area contributed by atoms with Crippen LogP contribution in [-0.4, -0.2) is 62.1 Å². The van der Waals surface area contributed by atoms with Gasteiger partial charge in [-0.1, -0.05) is 22.0 Å². The Morgan fingerprint density at radius 3 is 2.41 bits per heavy atom. The van der Waals surface area contributed by atoms with E-state index in [4.69, 9.17) is 4.74 Å². The molecule has 0 unspecified atom stereocenters. The second-order valence-electron chi connectivity index (χ2n) is 6.44. The van der Waals surface area contributed by atoms with Gasteiger partial charge in [-0.2, -0.15) is 4.31 Å². The highest BCUT2D eigenvalue weighted by Crippen LogP contribution is 2.23. The second-order valence-corrected chi connectivity index (χ2v) is 10.3. The van der Waals surface area contributed by atoms with E-state index in [9.17, 15) is 13.2 Å². The molecule has 1 amide bonds. The molecule has 0 bridgehead atoms. The minimum Gasteiger partial charge on any atom is -0.494 e. The SMILES string of the molecule is CCOc1ccc(SCC(=O)N2CCN(S(=O)(=O)c3cccc(Br)c3)CC2)cc1. The fraction of sp³-hybridized carbons (Fsp3) is 0.350. The average Bonchev–Trinajstić information content (AvgIpc) is 2.73. The Bertz CT molecular complexity index is 943. The van der Waals surface area contributed by atoms with Crippen LogP contribution in [0.2, 0.25) is 0 Å². The van der Waals surface area contributed by atoms with Gasteiger partial charge in [-0.05, 0) is 49.4 Å². The molecule has 2 aromatic carbocycles. The second kappa shape index (κ2) is 9.97. The molecule has 0 atom stereocenters. The molecule has 6 nitrogen and oxygen atoms in total. The van der Waals surface area contributed by atoms with Gasteiger partial charge in [0, 0.05) is 35.5 Å². The van der Waals surface area contributed by atoms with Gasteiger partial charge in [-0.15, -0.1) is 11.8 Å². The third-order valence-electron chi connectivity index (χ3n) is 4.52. The van der Waals surface area contributed by atoms with Crippen molar-refractivity contribution in [1.29, 1.82) is 0 Å². The van der Waals surface area contributed by atoms with Crippen LogP contribution in [0.1, 0.15) is 6.92 Å². The van der Waals surface area contributed by atoms with Crippen molar-refractivity contribution in [1.82, 2.24) is 9.21 Å². The topological polar surface area (TPSA) is 66.9 Å². The molecule has 0 spiro atoms. The molecule has 0 aliphatic carbocycles. The van der Waals surface area contributed by atoms with Gasteiger partial charge in [0.25, 0.3) is 0 Å². The van der Waals surface area contributed by atoms with Crippen LogP contribution in [0, 0.1) is 0 Å². The van der Waals surface area contributed by atoms with Gasteiger partial charge >= 0.3 is 0 Å². The van der Waals surface area contributed by atoms with Crippen molar-refractivity contribution in [3.05, 3.63) is 53.0 Å². The Balaban J connectivity index is 1.51. The molecule has 1 saturated heterocycles. The maximum atomic E-state index is 12.8. The van der Waals surface area contributed by atoms with Crippen molar-refractivity contribution in [3.8, 4) is 5.75 Å². The number of carbonyl (C=O) groups excluding carboxylic acids is 1. The van der Waals surface area contributed by atoms with Gasteiger partial charge in [0.15, 0.2) is 0 Å². The molecular formula is C20H23BrN2O4S2. The first-order valence-electron chi connectivity index (χ1n) is 9.29. The van der Waals surface area contributed by atoms with Gasteiger partial charge in [-0.3, -0.25) is 4.79 Å². The number of thioether (sulfide) groups is 1. The minimum absolute atomic E-state index is 0.0170. The molecule has 1 fully saturated rings. The quantitative estimate of drug-likeness (QED) is 0.546. The van der Waals surface area contributed by atoms with E-state index in [-0.39, 0.29) is 10.8 Å². The van der Waals surface area contributed by atoms with E-state index in [0.717, 1.165) is 15.1 Å². The zero-order valence-electron chi connectivity index (χ0n) is 16.1. The Kier molecular flexibility index (Phi) is 7.61. The van der Waals surface area contributed by atoms with E-state index >= 15 is 0 Å². The first-order chi connectivity index (χ1) is 13.9. The van der Waals surface area contributed by atoms with Crippen LogP contribution in [0.25, 0.3) is 0 Å². The predicted octanol–water partition coefficient (Wildman–Crippen LogP) is 3.47. The van der Waals surface area contributed by atoms with Gasteiger partial charge in [0.2, 0.25) is 15.9 Å². The summed E-state index contributed by atoms with van der Waals surface area (Å²) in [4.78, 5) is 15.5. The lowest BCUT2D eigenvalue weighted by atomic mass is 10.3. The summed E-state index contributed by atoms with van der Waals surface area (Å²) >= 11 is 4.78. The number of nitrogens with zero attached hydrogens (tertiary/aromatic N) is 2. The van der Waals surface area contributed by atoms with Crippen molar-refractivity contribution in [2.45, 2.75) is 16.7 Å². The summed E-state index contributed by atoms with van der Waals surface area (Å²) in [6.45, 7) is 3.95. The van der Waals surface area contributed by atoms with E-state index < -0.39 is 10.0 Å². The van der Waals surface area contributed by atoms with Crippen LogP contribution in [0.3, 0.4) is 0 Å². The van der Waals surface area contributed by atoms with Crippen LogP contribution in [0.15, 0.2) is 62.8 Å². The Labute approximate surface area is 184 Å². The fourth-order valence-electron chi connectivity index (χ4n) is 2.99. The van der Waals surface area contributed by atoms with E-state index in [1.165, 1.54) is 16.1 Å². The summed E-state index contributed by atoms with van der Waals surface area (Å²) < 4.78 is 33.2. The zero-order valence-corrected chi connectivity index (χ0v) is 19.3. The molecule has 0 saturated carbocycles. The van der Waals surface area contributed by atoms with Gasteiger partial charge in [-0.25, -0.2) is 8.42 Å². The molecular weight excluding hydrogens is 476 g/mol. The summed E-state index contributed by atoms with van der Waals surface area (Å²) in [6.07, 6.45) is 0. The number of halogens is 1. The largest absolute Gasteiger partial charge is 0.494 e. The first kappa shape index (κ1) is 22.1. The number of benzene rings is 2.